The van der Waals surface area contributed by atoms with Crippen molar-refractivity contribution < 1.29 is 18.8 Å². The number of aromatic amines is 1. The molecule has 0 saturated carbocycles. The Morgan fingerprint density at radius 3 is 2.59 bits per heavy atom. The summed E-state index contributed by atoms with van der Waals surface area (Å²) in [5, 5.41) is 11.0. The van der Waals surface area contributed by atoms with E-state index in [-0.39, 0.29) is 11.3 Å². The maximum absolute atomic E-state index is 12.7. The van der Waals surface area contributed by atoms with Crippen LogP contribution in [0, 0.1) is 5.82 Å². The molecule has 2 aromatic rings. The van der Waals surface area contributed by atoms with E-state index in [0.717, 1.165) is 0 Å². The Morgan fingerprint density at radius 2 is 2.00 bits per heavy atom. The van der Waals surface area contributed by atoms with Gasteiger partial charge in [-0.15, -0.1) is 0 Å². The normalized spacial score (nSPS) is 10.4. The highest BCUT2D eigenvalue weighted by Crippen LogP contribution is 2.20. The molecule has 1 aromatic heterocycles. The summed E-state index contributed by atoms with van der Waals surface area (Å²) in [6.07, 6.45) is -0.446. The number of aliphatic carboxylic acids is 1. The maximum Gasteiger partial charge on any atom is 0.361 e. The second kappa shape index (κ2) is 4.25. The summed E-state index contributed by atoms with van der Waals surface area (Å²) in [5.74, 6) is -1.56. The molecular formula is C11H8FNO4. The minimum atomic E-state index is -1.14. The Bertz CT molecular complexity index is 597. The predicted octanol–water partition coefficient (Wildman–Crippen LogP) is 1.40. The van der Waals surface area contributed by atoms with Gasteiger partial charge in [-0.3, -0.25) is 4.79 Å². The molecule has 1 aromatic carbocycles. The first-order valence-corrected chi connectivity index (χ1v) is 4.76. The molecule has 0 aliphatic carbocycles. The molecule has 88 valence electrons. The lowest BCUT2D eigenvalue weighted by atomic mass is 10.1. The number of aromatic nitrogens is 1. The number of carboxylic acid groups (broad SMARTS) is 1. The molecule has 0 bridgehead atoms. The molecule has 0 aliphatic rings. The van der Waals surface area contributed by atoms with E-state index in [1.165, 1.54) is 24.3 Å². The largest absolute Gasteiger partial charge is 0.481 e. The van der Waals surface area contributed by atoms with E-state index in [9.17, 15) is 14.0 Å². The molecule has 2 rings (SSSR count). The minimum absolute atomic E-state index is 0.0177. The molecule has 5 nitrogen and oxygen atoms in total. The van der Waals surface area contributed by atoms with Crippen molar-refractivity contribution in [1.29, 1.82) is 0 Å². The highest BCUT2D eigenvalue weighted by Gasteiger charge is 2.16. The summed E-state index contributed by atoms with van der Waals surface area (Å²) in [5.41, 5.74) is 0.0433. The topological polar surface area (TPSA) is 83.3 Å². The first-order valence-electron chi connectivity index (χ1n) is 4.76. The van der Waals surface area contributed by atoms with Crippen LogP contribution in [0.2, 0.25) is 0 Å². The zero-order valence-electron chi connectivity index (χ0n) is 8.57. The maximum atomic E-state index is 12.7. The van der Waals surface area contributed by atoms with Gasteiger partial charge in [-0.05, 0) is 24.3 Å². The van der Waals surface area contributed by atoms with Crippen LogP contribution in [-0.4, -0.2) is 16.2 Å². The molecule has 0 aliphatic heterocycles. The van der Waals surface area contributed by atoms with Crippen LogP contribution in [0.3, 0.4) is 0 Å². The Hall–Kier alpha value is -2.37. The molecule has 1 heterocycles. The highest BCUT2D eigenvalue weighted by molar-refractivity contribution is 5.74. The van der Waals surface area contributed by atoms with E-state index in [1.807, 2.05) is 0 Å². The number of carbonyl (C=O) groups is 1. The van der Waals surface area contributed by atoms with Crippen molar-refractivity contribution in [3.8, 4) is 11.3 Å². The molecule has 0 saturated heterocycles. The number of carboxylic acids is 1. The number of halogens is 1. The average Bonchev–Trinajstić information content (AvgIpc) is 2.61. The molecule has 0 unspecified atom stereocenters. The summed E-state index contributed by atoms with van der Waals surface area (Å²) in [6, 6.07) is 5.29. The SMILES string of the molecule is O=C(O)Cc1c(-c2ccc(F)cc2)[nH]oc1=O. The van der Waals surface area contributed by atoms with E-state index >= 15 is 0 Å². The molecule has 0 radical (unpaired) electrons. The lowest BCUT2D eigenvalue weighted by molar-refractivity contribution is -0.136. The van der Waals surface area contributed by atoms with Gasteiger partial charge in [0.25, 0.3) is 0 Å². The Labute approximate surface area is 94.5 Å². The van der Waals surface area contributed by atoms with Gasteiger partial charge < -0.3 is 9.63 Å². The van der Waals surface area contributed by atoms with Crippen LogP contribution in [0.5, 0.6) is 0 Å². The smallest absolute Gasteiger partial charge is 0.361 e. The van der Waals surface area contributed by atoms with Crippen LogP contribution in [0.25, 0.3) is 11.3 Å². The third-order valence-electron chi connectivity index (χ3n) is 2.25. The Kier molecular flexibility index (Phi) is 2.78. The van der Waals surface area contributed by atoms with Crippen molar-refractivity contribution in [2.75, 3.05) is 0 Å². The monoisotopic (exact) mass is 237 g/mol. The Balaban J connectivity index is 2.48. The lowest BCUT2D eigenvalue weighted by Gasteiger charge is -1.99. The second-order valence-electron chi connectivity index (χ2n) is 3.42. The van der Waals surface area contributed by atoms with Gasteiger partial charge in [-0.1, -0.05) is 0 Å². The number of H-pyrrole nitrogens is 1. The van der Waals surface area contributed by atoms with Gasteiger partial charge in [0.05, 0.1) is 17.7 Å². The lowest BCUT2D eigenvalue weighted by Crippen LogP contribution is -2.09. The van der Waals surface area contributed by atoms with Crippen LogP contribution in [-0.2, 0) is 11.2 Å². The summed E-state index contributed by atoms with van der Waals surface area (Å²) < 4.78 is 17.3. The highest BCUT2D eigenvalue weighted by atomic mass is 19.1. The molecule has 0 spiro atoms. The third kappa shape index (κ3) is 2.25. The number of hydrogen-bond acceptors (Lipinski definition) is 3. The van der Waals surface area contributed by atoms with Crippen LogP contribution in [0.15, 0.2) is 33.6 Å². The minimum Gasteiger partial charge on any atom is -0.481 e. The van der Waals surface area contributed by atoms with Gasteiger partial charge in [-0.25, -0.2) is 14.3 Å². The molecule has 0 fully saturated rings. The fourth-order valence-electron chi connectivity index (χ4n) is 1.48. The zero-order chi connectivity index (χ0) is 12.4. The van der Waals surface area contributed by atoms with Crippen LogP contribution < -0.4 is 5.63 Å². The van der Waals surface area contributed by atoms with E-state index in [0.29, 0.717) is 5.56 Å². The number of hydrogen-bond donors (Lipinski definition) is 2. The van der Waals surface area contributed by atoms with Gasteiger partial charge in [0, 0.05) is 5.56 Å². The molecule has 2 N–H and O–H groups in total. The van der Waals surface area contributed by atoms with Crippen molar-refractivity contribution in [2.24, 2.45) is 0 Å². The average molecular weight is 237 g/mol. The van der Waals surface area contributed by atoms with Crippen molar-refractivity contribution in [3.63, 3.8) is 0 Å². The fraction of sp³-hybridized carbons (Fsp3) is 0.0909. The van der Waals surface area contributed by atoms with E-state index in [1.54, 1.807) is 0 Å². The van der Waals surface area contributed by atoms with E-state index in [2.05, 4.69) is 9.68 Å². The second-order valence-corrected chi connectivity index (χ2v) is 3.42. The van der Waals surface area contributed by atoms with Gasteiger partial charge in [0.1, 0.15) is 5.82 Å². The van der Waals surface area contributed by atoms with Gasteiger partial charge in [0.2, 0.25) is 0 Å². The number of nitrogens with one attached hydrogen (secondary N) is 1. The molecule has 0 atom stereocenters. The van der Waals surface area contributed by atoms with Crippen molar-refractivity contribution >= 4 is 5.97 Å². The summed E-state index contributed by atoms with van der Waals surface area (Å²) in [7, 11) is 0. The number of benzene rings is 1. The molecular weight excluding hydrogens is 229 g/mol. The first-order chi connectivity index (χ1) is 8.08. The fourth-order valence-corrected chi connectivity index (χ4v) is 1.48. The standard InChI is InChI=1S/C11H8FNO4/c12-7-3-1-6(2-4-7)10-8(5-9(14)15)11(16)17-13-10/h1-4,13H,5H2,(H,14,15). The van der Waals surface area contributed by atoms with Crippen molar-refractivity contribution in [3.05, 3.63) is 46.1 Å². The van der Waals surface area contributed by atoms with Gasteiger partial charge >= 0.3 is 11.6 Å². The summed E-state index contributed by atoms with van der Waals surface area (Å²) in [6.45, 7) is 0. The predicted molar refractivity (Wildman–Crippen MR) is 56.1 cm³/mol. The Morgan fingerprint density at radius 1 is 1.35 bits per heavy atom. The van der Waals surface area contributed by atoms with Gasteiger partial charge in [0.15, 0.2) is 0 Å². The van der Waals surface area contributed by atoms with E-state index in [4.69, 9.17) is 5.11 Å². The molecule has 0 amide bonds. The van der Waals surface area contributed by atoms with Crippen LogP contribution in [0.1, 0.15) is 5.56 Å². The van der Waals surface area contributed by atoms with E-state index < -0.39 is 23.8 Å². The number of rotatable bonds is 3. The quantitative estimate of drug-likeness (QED) is 0.845. The van der Waals surface area contributed by atoms with Crippen molar-refractivity contribution in [1.82, 2.24) is 5.16 Å². The first kappa shape index (κ1) is 11.1. The zero-order valence-corrected chi connectivity index (χ0v) is 8.57. The third-order valence-corrected chi connectivity index (χ3v) is 2.25. The van der Waals surface area contributed by atoms with Crippen molar-refractivity contribution in [2.45, 2.75) is 6.42 Å². The van der Waals surface area contributed by atoms with Crippen LogP contribution >= 0.6 is 0 Å². The molecule has 17 heavy (non-hydrogen) atoms. The van der Waals surface area contributed by atoms with Crippen LogP contribution in [0.4, 0.5) is 4.39 Å². The van der Waals surface area contributed by atoms with Gasteiger partial charge in [-0.2, -0.15) is 0 Å². The summed E-state index contributed by atoms with van der Waals surface area (Å²) >= 11 is 0. The summed E-state index contributed by atoms with van der Waals surface area (Å²) in [4.78, 5) is 21.9. The molecule has 6 heteroatoms.